The fourth-order valence-corrected chi connectivity index (χ4v) is 2.39. The molecule has 1 fully saturated rings. The van der Waals surface area contributed by atoms with Gasteiger partial charge in [-0.2, -0.15) is 0 Å². The Balaban J connectivity index is 2.37. The van der Waals surface area contributed by atoms with Crippen molar-refractivity contribution in [2.45, 2.75) is 30.5 Å². The second-order valence-electron chi connectivity index (χ2n) is 3.11. The lowest BCUT2D eigenvalue weighted by Crippen LogP contribution is -2.36. The van der Waals surface area contributed by atoms with Gasteiger partial charge in [-0.05, 0) is 25.3 Å². The molecule has 1 atom stereocenters. The summed E-state index contributed by atoms with van der Waals surface area (Å²) in [6.45, 7) is 1.03. The van der Waals surface area contributed by atoms with Gasteiger partial charge in [0.15, 0.2) is 0 Å². The van der Waals surface area contributed by atoms with Crippen molar-refractivity contribution in [3.63, 3.8) is 0 Å². The highest BCUT2D eigenvalue weighted by molar-refractivity contribution is 6.21. The first-order valence-electron chi connectivity index (χ1n) is 3.91. The number of hydrogen-bond donors (Lipinski definition) is 0. The van der Waals surface area contributed by atoms with Crippen LogP contribution in [0.5, 0.6) is 0 Å². The maximum absolute atomic E-state index is 5.71. The summed E-state index contributed by atoms with van der Waals surface area (Å²) in [7, 11) is 2.56. The second kappa shape index (κ2) is 2.99. The topological polar surface area (TPSA) is 9.23 Å². The summed E-state index contributed by atoms with van der Waals surface area (Å²) < 4.78 is 5.71. The Morgan fingerprint density at radius 3 is 2.56 bits per heavy atom. The van der Waals surface area contributed by atoms with Crippen LogP contribution in [-0.4, -0.2) is 32.3 Å². The fraction of sp³-hybridized carbons (Fsp3) is 1.00. The van der Waals surface area contributed by atoms with E-state index in [2.05, 4.69) is 0 Å². The van der Waals surface area contributed by atoms with E-state index < -0.39 is 0 Å². The van der Waals surface area contributed by atoms with Gasteiger partial charge < -0.3 is 4.74 Å². The van der Waals surface area contributed by atoms with Gasteiger partial charge in [0.1, 0.15) is 0 Å². The summed E-state index contributed by atoms with van der Waals surface area (Å²) >= 11 is 0. The van der Waals surface area contributed by atoms with E-state index in [1.165, 1.54) is 45.8 Å². The van der Waals surface area contributed by atoms with E-state index in [0.29, 0.717) is 5.22 Å². The van der Waals surface area contributed by atoms with E-state index in [-0.39, 0.29) is 0 Å². The van der Waals surface area contributed by atoms with Crippen molar-refractivity contribution in [1.82, 2.24) is 0 Å². The van der Waals surface area contributed by atoms with Crippen molar-refractivity contribution in [1.29, 1.82) is 0 Å². The normalized spacial score (nSPS) is 37.3. The first-order valence-corrected chi connectivity index (χ1v) is 6.32. The van der Waals surface area contributed by atoms with Gasteiger partial charge in [-0.1, -0.05) is 0 Å². The minimum atomic E-state index is 0.421. The SMILES string of the molecule is [SiH3]CC1([SiH3])CCCCO1. The molecule has 0 aliphatic carbocycles. The minimum absolute atomic E-state index is 0.421. The Hall–Kier alpha value is 0.394. The summed E-state index contributed by atoms with van der Waals surface area (Å²) in [6.07, 6.45) is 4.06. The molecule has 1 heterocycles. The predicted molar refractivity (Wildman–Crippen MR) is 47.2 cm³/mol. The van der Waals surface area contributed by atoms with E-state index in [1.54, 1.807) is 0 Å². The molecule has 0 radical (unpaired) electrons. The van der Waals surface area contributed by atoms with Crippen molar-refractivity contribution < 1.29 is 4.74 Å². The van der Waals surface area contributed by atoms with Crippen LogP contribution in [0, 0.1) is 0 Å². The van der Waals surface area contributed by atoms with Gasteiger partial charge in [-0.25, -0.2) is 0 Å². The number of hydrogen-bond acceptors (Lipinski definition) is 1. The van der Waals surface area contributed by atoms with Crippen LogP contribution >= 0.6 is 0 Å². The maximum atomic E-state index is 5.71. The Bertz CT molecular complexity index is 89.1. The fourth-order valence-electron chi connectivity index (χ4n) is 1.27. The van der Waals surface area contributed by atoms with Crippen LogP contribution in [0.25, 0.3) is 0 Å². The zero-order valence-corrected chi connectivity index (χ0v) is 10.4. The molecular weight excluding hydrogens is 144 g/mol. The Kier molecular flexibility index (Phi) is 2.49. The van der Waals surface area contributed by atoms with Crippen LogP contribution in [0.2, 0.25) is 6.04 Å². The first kappa shape index (κ1) is 7.50. The summed E-state index contributed by atoms with van der Waals surface area (Å²) in [4.78, 5) is 0. The second-order valence-corrected chi connectivity index (χ2v) is 5.64. The average molecular weight is 160 g/mol. The lowest BCUT2D eigenvalue weighted by Gasteiger charge is -2.32. The van der Waals surface area contributed by atoms with Crippen LogP contribution in [-0.2, 0) is 4.74 Å². The molecular formula is C6H16OSi2. The van der Waals surface area contributed by atoms with Gasteiger partial charge in [0.25, 0.3) is 0 Å². The molecule has 0 aromatic heterocycles. The summed E-state index contributed by atoms with van der Waals surface area (Å²) in [6, 6.07) is 1.36. The highest BCUT2D eigenvalue weighted by Gasteiger charge is 2.24. The first-order chi connectivity index (χ1) is 4.27. The van der Waals surface area contributed by atoms with Crippen molar-refractivity contribution in [2.24, 2.45) is 0 Å². The lowest BCUT2D eigenvalue weighted by molar-refractivity contribution is -0.00387. The van der Waals surface area contributed by atoms with Crippen LogP contribution in [0.4, 0.5) is 0 Å². The average Bonchev–Trinajstić information content (AvgIpc) is 1.90. The van der Waals surface area contributed by atoms with E-state index in [4.69, 9.17) is 4.74 Å². The van der Waals surface area contributed by atoms with E-state index in [9.17, 15) is 0 Å². The molecule has 1 saturated heterocycles. The van der Waals surface area contributed by atoms with Crippen molar-refractivity contribution in [3.05, 3.63) is 0 Å². The van der Waals surface area contributed by atoms with Gasteiger partial charge >= 0.3 is 0 Å². The molecule has 0 aromatic rings. The monoisotopic (exact) mass is 160 g/mol. The lowest BCUT2D eigenvalue weighted by atomic mass is 10.1. The van der Waals surface area contributed by atoms with Gasteiger partial charge in [-0.15, -0.1) is 0 Å². The van der Waals surface area contributed by atoms with E-state index >= 15 is 0 Å². The highest BCUT2D eigenvalue weighted by atomic mass is 28.2. The van der Waals surface area contributed by atoms with Gasteiger partial charge in [-0.3, -0.25) is 0 Å². The van der Waals surface area contributed by atoms with E-state index in [1.807, 2.05) is 0 Å². The summed E-state index contributed by atoms with van der Waals surface area (Å²) in [5, 5.41) is 0.421. The van der Waals surface area contributed by atoms with Crippen LogP contribution in [0.3, 0.4) is 0 Å². The maximum Gasteiger partial charge on any atom is 0.0468 e. The Labute approximate surface area is 63.0 Å². The minimum Gasteiger partial charge on any atom is -0.380 e. The number of ether oxygens (including phenoxy) is 1. The smallest absolute Gasteiger partial charge is 0.0468 e. The molecule has 0 aromatic carbocycles. The third-order valence-corrected chi connectivity index (χ3v) is 6.70. The largest absolute Gasteiger partial charge is 0.380 e. The molecule has 1 aliphatic rings. The van der Waals surface area contributed by atoms with Gasteiger partial charge in [0, 0.05) is 32.3 Å². The molecule has 3 heteroatoms. The third kappa shape index (κ3) is 1.91. The molecule has 0 spiro atoms. The molecule has 0 saturated carbocycles. The molecule has 1 nitrogen and oxygen atoms in total. The van der Waals surface area contributed by atoms with Crippen LogP contribution < -0.4 is 0 Å². The molecule has 0 amide bonds. The zero-order chi connectivity index (χ0) is 6.74. The number of rotatable bonds is 1. The molecule has 0 bridgehead atoms. The van der Waals surface area contributed by atoms with Gasteiger partial charge in [0.05, 0.1) is 0 Å². The van der Waals surface area contributed by atoms with Crippen molar-refractivity contribution >= 4 is 20.5 Å². The quantitative estimate of drug-likeness (QED) is 0.449. The Morgan fingerprint density at radius 2 is 2.22 bits per heavy atom. The predicted octanol–water partition coefficient (Wildman–Crippen LogP) is -0.968. The molecule has 1 aliphatic heterocycles. The molecule has 54 valence electrons. The van der Waals surface area contributed by atoms with Crippen molar-refractivity contribution in [3.8, 4) is 0 Å². The summed E-state index contributed by atoms with van der Waals surface area (Å²) in [5.41, 5.74) is 0. The van der Waals surface area contributed by atoms with Gasteiger partial charge in [0.2, 0.25) is 0 Å². The van der Waals surface area contributed by atoms with Crippen LogP contribution in [0.1, 0.15) is 19.3 Å². The highest BCUT2D eigenvalue weighted by Crippen LogP contribution is 2.23. The molecule has 1 rings (SSSR count). The van der Waals surface area contributed by atoms with Crippen molar-refractivity contribution in [2.75, 3.05) is 6.61 Å². The standard InChI is InChI=1S/C6H16OSi2/c8-5-6(9)3-1-2-4-7-6/h1-5H2,8-9H3. The molecule has 9 heavy (non-hydrogen) atoms. The van der Waals surface area contributed by atoms with E-state index in [0.717, 1.165) is 6.61 Å². The summed E-state index contributed by atoms with van der Waals surface area (Å²) in [5.74, 6) is 0. The zero-order valence-electron chi connectivity index (χ0n) is 6.44. The molecule has 1 unspecified atom stereocenters. The van der Waals surface area contributed by atoms with Crippen LogP contribution in [0.15, 0.2) is 0 Å². The molecule has 0 N–H and O–H groups in total. The Morgan fingerprint density at radius 1 is 1.44 bits per heavy atom. The third-order valence-electron chi connectivity index (χ3n) is 2.30.